The minimum atomic E-state index is -1.39. The molecule has 15 nitrogen and oxygen atoms in total. The first-order valence-electron chi connectivity index (χ1n) is 17.5. The Morgan fingerprint density at radius 2 is 1.34 bits per heavy atom. The molecule has 6 amide bonds. The lowest BCUT2D eigenvalue weighted by Crippen LogP contribution is -2.60. The van der Waals surface area contributed by atoms with Crippen molar-refractivity contribution >= 4 is 52.0 Å². The Balaban J connectivity index is 1.46. The summed E-state index contributed by atoms with van der Waals surface area (Å²) in [5.74, 6) is -4.04. The molecule has 11 N–H and O–H groups in total. The summed E-state index contributed by atoms with van der Waals surface area (Å²) in [7, 11) is 0. The Kier molecular flexibility index (Phi) is 13.1. The minimum absolute atomic E-state index is 0.0541. The lowest BCUT2D eigenvalue weighted by atomic mass is 10.0. The maximum absolute atomic E-state index is 14.0. The van der Waals surface area contributed by atoms with Crippen molar-refractivity contribution in [1.29, 1.82) is 0 Å². The Morgan fingerprint density at radius 1 is 0.698 bits per heavy atom. The molecule has 4 aromatic rings. The molecule has 3 aromatic carbocycles. The second kappa shape index (κ2) is 18.3. The average Bonchev–Trinajstić information content (AvgIpc) is 3.57. The zero-order chi connectivity index (χ0) is 37.7. The minimum Gasteiger partial charge on any atom is -0.398 e. The van der Waals surface area contributed by atoms with Crippen LogP contribution >= 0.6 is 0 Å². The van der Waals surface area contributed by atoms with Gasteiger partial charge in [-0.3, -0.25) is 28.8 Å². The van der Waals surface area contributed by atoms with Gasteiger partial charge in [-0.2, -0.15) is 0 Å². The van der Waals surface area contributed by atoms with Crippen molar-refractivity contribution in [2.45, 2.75) is 56.3 Å². The van der Waals surface area contributed by atoms with E-state index in [1.165, 1.54) is 6.07 Å². The van der Waals surface area contributed by atoms with E-state index in [9.17, 15) is 28.8 Å². The van der Waals surface area contributed by atoms with Crippen LogP contribution in [0.3, 0.4) is 0 Å². The number of unbranched alkanes of at least 4 members (excludes halogenated alkanes) is 1. The molecule has 0 unspecified atom stereocenters. The molecule has 1 aliphatic heterocycles. The molecule has 1 saturated heterocycles. The molecule has 278 valence electrons. The van der Waals surface area contributed by atoms with Gasteiger partial charge in [-0.1, -0.05) is 60.7 Å². The van der Waals surface area contributed by atoms with Gasteiger partial charge in [0, 0.05) is 42.2 Å². The predicted octanol–water partition coefficient (Wildman–Crippen LogP) is 0.163. The summed E-state index contributed by atoms with van der Waals surface area (Å²) in [5.41, 5.74) is 14.4. The van der Waals surface area contributed by atoms with Crippen molar-refractivity contribution in [2.24, 2.45) is 5.73 Å². The summed E-state index contributed by atoms with van der Waals surface area (Å²) in [4.78, 5) is 85.0. The maximum atomic E-state index is 14.0. The number of aromatic nitrogens is 1. The van der Waals surface area contributed by atoms with Crippen LogP contribution in [0.25, 0.3) is 10.9 Å². The number of rotatable bonds is 11. The van der Waals surface area contributed by atoms with Gasteiger partial charge in [0.15, 0.2) is 0 Å². The summed E-state index contributed by atoms with van der Waals surface area (Å²) >= 11 is 0. The number of hydrogen-bond donors (Lipinski definition) is 9. The highest BCUT2D eigenvalue weighted by Crippen LogP contribution is 2.19. The van der Waals surface area contributed by atoms with Crippen LogP contribution in [0.1, 0.15) is 40.7 Å². The topological polar surface area (TPSA) is 242 Å². The van der Waals surface area contributed by atoms with Gasteiger partial charge in [-0.05, 0) is 55.1 Å². The van der Waals surface area contributed by atoms with Crippen molar-refractivity contribution in [2.75, 3.05) is 25.4 Å². The molecule has 2 heterocycles. The predicted molar refractivity (Wildman–Crippen MR) is 199 cm³/mol. The maximum Gasteiger partial charge on any atom is 0.253 e. The van der Waals surface area contributed by atoms with E-state index in [1.807, 2.05) is 30.3 Å². The summed E-state index contributed by atoms with van der Waals surface area (Å²) in [6.07, 6.45) is 3.06. The van der Waals surface area contributed by atoms with Crippen LogP contribution in [-0.4, -0.2) is 84.2 Å². The first-order valence-corrected chi connectivity index (χ1v) is 17.5. The number of nitrogens with two attached hydrogens (primary N) is 2. The molecule has 0 saturated carbocycles. The van der Waals surface area contributed by atoms with E-state index < -0.39 is 66.2 Å². The Bertz CT molecular complexity index is 1930. The van der Waals surface area contributed by atoms with Gasteiger partial charge in [0.2, 0.25) is 29.5 Å². The van der Waals surface area contributed by atoms with E-state index >= 15 is 0 Å². The summed E-state index contributed by atoms with van der Waals surface area (Å²) < 4.78 is 0. The van der Waals surface area contributed by atoms with Gasteiger partial charge in [-0.25, -0.2) is 0 Å². The number of H-pyrrole nitrogens is 1. The lowest BCUT2D eigenvalue weighted by Gasteiger charge is -2.26. The molecule has 53 heavy (non-hydrogen) atoms. The van der Waals surface area contributed by atoms with Crippen LogP contribution in [-0.2, 0) is 36.8 Å². The molecule has 0 bridgehead atoms. The smallest absolute Gasteiger partial charge is 0.253 e. The zero-order valence-electron chi connectivity index (χ0n) is 29.2. The summed E-state index contributed by atoms with van der Waals surface area (Å²) in [6, 6.07) is 18.0. The third-order valence-electron chi connectivity index (χ3n) is 8.97. The Morgan fingerprint density at radius 3 is 2.11 bits per heavy atom. The van der Waals surface area contributed by atoms with Crippen molar-refractivity contribution in [3.8, 4) is 0 Å². The summed E-state index contributed by atoms with van der Waals surface area (Å²) in [6.45, 7) is -0.519. The molecular weight excluding hydrogens is 678 g/mol. The van der Waals surface area contributed by atoms with Crippen LogP contribution in [0.5, 0.6) is 0 Å². The van der Waals surface area contributed by atoms with Gasteiger partial charge in [-0.15, -0.1) is 0 Å². The molecule has 1 aromatic heterocycles. The largest absolute Gasteiger partial charge is 0.398 e. The van der Waals surface area contributed by atoms with E-state index in [0.717, 1.165) is 22.0 Å². The van der Waals surface area contributed by atoms with Crippen molar-refractivity contribution in [1.82, 2.24) is 36.9 Å². The number of hydrogen-bond acceptors (Lipinski definition) is 8. The number of aromatic amines is 1. The van der Waals surface area contributed by atoms with E-state index in [2.05, 4.69) is 36.9 Å². The Labute approximate surface area is 306 Å². The summed E-state index contributed by atoms with van der Waals surface area (Å²) in [5, 5.41) is 16.9. The third kappa shape index (κ3) is 10.4. The van der Waals surface area contributed by atoms with Gasteiger partial charge in [0.25, 0.3) is 5.91 Å². The highest BCUT2D eigenvalue weighted by molar-refractivity contribution is 6.00. The molecule has 1 fully saturated rings. The number of fused-ring (bicyclic) bond motifs is 1. The van der Waals surface area contributed by atoms with Gasteiger partial charge >= 0.3 is 0 Å². The van der Waals surface area contributed by atoms with Crippen LogP contribution < -0.4 is 43.4 Å². The zero-order valence-corrected chi connectivity index (χ0v) is 29.2. The number of nitrogen functional groups attached to an aromatic ring is 1. The molecule has 5 rings (SSSR count). The second-order valence-corrected chi connectivity index (χ2v) is 12.9. The fourth-order valence-electron chi connectivity index (χ4n) is 6.11. The van der Waals surface area contributed by atoms with Crippen LogP contribution in [0.15, 0.2) is 85.1 Å². The second-order valence-electron chi connectivity index (χ2n) is 12.9. The molecule has 0 aliphatic carbocycles. The number of carbonyl (C=O) groups excluding carboxylic acids is 6. The van der Waals surface area contributed by atoms with E-state index in [0.29, 0.717) is 19.4 Å². The van der Waals surface area contributed by atoms with Crippen molar-refractivity contribution in [3.63, 3.8) is 0 Å². The van der Waals surface area contributed by atoms with Crippen molar-refractivity contribution < 1.29 is 28.8 Å². The van der Waals surface area contributed by atoms with Crippen LogP contribution in [0.2, 0.25) is 0 Å². The number of carbonyl (C=O) groups is 6. The van der Waals surface area contributed by atoms with E-state index in [1.54, 1.807) is 48.7 Å². The third-order valence-corrected chi connectivity index (χ3v) is 8.97. The fourth-order valence-corrected chi connectivity index (χ4v) is 6.11. The van der Waals surface area contributed by atoms with Crippen LogP contribution in [0, 0.1) is 0 Å². The highest BCUT2D eigenvalue weighted by Gasteiger charge is 2.33. The fraction of sp³-hybridized carbons (Fsp3) is 0.316. The molecule has 15 heteroatoms. The van der Waals surface area contributed by atoms with Crippen molar-refractivity contribution in [3.05, 3.63) is 102 Å². The molecule has 0 spiro atoms. The van der Waals surface area contributed by atoms with Gasteiger partial charge in [0.05, 0.1) is 12.1 Å². The van der Waals surface area contributed by atoms with E-state index in [4.69, 9.17) is 11.5 Å². The Hall–Kier alpha value is -6.22. The number of benzene rings is 3. The highest BCUT2D eigenvalue weighted by atomic mass is 16.2. The first-order chi connectivity index (χ1) is 25.6. The molecule has 4 atom stereocenters. The molecule has 1 aliphatic rings. The SMILES string of the molecule is NCCCC[C@H]1NC(=O)[C@H](Cc2c[nH]c3ccccc23)NC(=O)CNC(=O)[C@@H](Cc2ccccc2)NC(=O)[C@H](CNC(=O)c2ccccc2N)NC1=O. The number of anilines is 1. The monoisotopic (exact) mass is 723 g/mol. The van der Waals surface area contributed by atoms with Gasteiger partial charge < -0.3 is 48.4 Å². The number of nitrogens with one attached hydrogen (secondary N) is 7. The average molecular weight is 724 g/mol. The van der Waals surface area contributed by atoms with Crippen LogP contribution in [0.4, 0.5) is 5.69 Å². The number of para-hydroxylation sites is 2. The number of amides is 6. The molecular formula is C38H45N9O6. The standard InChI is InChI=1S/C38H45N9O6/c39-17-9-8-16-29-36(51)47-32(21-42-34(49)26-13-4-6-14-27(26)40)38(53)46-30(18-23-10-2-1-3-11-23)35(50)43-22-33(48)44-31(37(52)45-29)19-24-20-41-28-15-7-5-12-25(24)28/h1-7,10-15,20,29-32,41H,8-9,16-19,21-22,39-40H2,(H,42,49)(H,43,50)(H,44,48)(H,45,52)(H,46,53)(H,47,51)/t29-,30-,31+,32+/m1/s1. The van der Waals surface area contributed by atoms with Gasteiger partial charge in [0.1, 0.15) is 24.2 Å². The quantitative estimate of drug-likeness (QED) is 0.0761. The normalized spacial score (nSPS) is 20.2. The lowest BCUT2D eigenvalue weighted by molar-refractivity contribution is -0.134. The molecule has 0 radical (unpaired) electrons. The first kappa shape index (κ1) is 38.0. The van der Waals surface area contributed by atoms with E-state index in [-0.39, 0.29) is 37.1 Å².